The van der Waals surface area contributed by atoms with Crippen LogP contribution in [0.2, 0.25) is 0 Å². The molecule has 2 heteroatoms. The summed E-state index contributed by atoms with van der Waals surface area (Å²) in [4.78, 5) is 2.33. The van der Waals surface area contributed by atoms with Gasteiger partial charge in [0.05, 0.1) is 12.7 Å². The maximum atomic E-state index is 5.46. The minimum absolute atomic E-state index is 0.356. The van der Waals surface area contributed by atoms with Crippen molar-refractivity contribution in [2.45, 2.75) is 26.9 Å². The van der Waals surface area contributed by atoms with E-state index in [1.807, 2.05) is 0 Å². The number of rotatable bonds is 2. The molecule has 1 aliphatic rings. The van der Waals surface area contributed by atoms with Gasteiger partial charge in [0.15, 0.2) is 0 Å². The fourth-order valence-electron chi connectivity index (χ4n) is 1.44. The average molecular weight is 169 g/mol. The summed E-state index contributed by atoms with van der Waals surface area (Å²) >= 11 is 0. The maximum absolute atomic E-state index is 5.46. The summed E-state index contributed by atoms with van der Waals surface area (Å²) in [5, 5.41) is 0. The Hall–Kier alpha value is -0.500. The molecule has 0 bridgehead atoms. The second kappa shape index (κ2) is 3.94. The zero-order chi connectivity index (χ0) is 9.14. The smallest absolute Gasteiger partial charge is 0.0722 e. The van der Waals surface area contributed by atoms with E-state index in [-0.39, 0.29) is 0 Å². The van der Waals surface area contributed by atoms with Gasteiger partial charge in [-0.15, -0.1) is 0 Å². The summed E-state index contributed by atoms with van der Waals surface area (Å²) in [5.41, 5.74) is 1.24. The molecule has 0 aromatic carbocycles. The van der Waals surface area contributed by atoms with Crippen molar-refractivity contribution in [1.82, 2.24) is 4.90 Å². The van der Waals surface area contributed by atoms with Gasteiger partial charge >= 0.3 is 0 Å². The Bertz CT molecular complexity index is 165. The first kappa shape index (κ1) is 9.59. The lowest BCUT2D eigenvalue weighted by atomic mass is 10.1. The molecular formula is C10H19NO. The van der Waals surface area contributed by atoms with Crippen LogP contribution in [0.1, 0.15) is 20.8 Å². The second-order valence-corrected chi connectivity index (χ2v) is 3.77. The summed E-state index contributed by atoms with van der Waals surface area (Å²) in [7, 11) is 0. The number of hydrogen-bond acceptors (Lipinski definition) is 2. The molecule has 0 aromatic rings. The predicted molar refractivity (Wildman–Crippen MR) is 51.0 cm³/mol. The minimum Gasteiger partial charge on any atom is -0.375 e. The van der Waals surface area contributed by atoms with E-state index < -0.39 is 0 Å². The Balaban J connectivity index is 2.46. The monoisotopic (exact) mass is 169 g/mol. The van der Waals surface area contributed by atoms with Crippen molar-refractivity contribution in [3.05, 3.63) is 12.3 Å². The predicted octanol–water partition coefficient (Wildman–Crippen LogP) is 1.88. The van der Waals surface area contributed by atoms with Gasteiger partial charge in [0, 0.05) is 18.8 Å². The number of ether oxygens (including phenoxy) is 1. The van der Waals surface area contributed by atoms with Crippen LogP contribution in [0, 0.1) is 5.92 Å². The van der Waals surface area contributed by atoms with E-state index >= 15 is 0 Å². The number of allylic oxidation sites excluding steroid dienone is 1. The summed E-state index contributed by atoms with van der Waals surface area (Å²) in [6.07, 6.45) is 0.356. The molecule has 1 saturated heterocycles. The van der Waals surface area contributed by atoms with Crippen LogP contribution in [0.3, 0.4) is 0 Å². The zero-order valence-corrected chi connectivity index (χ0v) is 8.34. The van der Waals surface area contributed by atoms with Gasteiger partial charge in [0.1, 0.15) is 0 Å². The average Bonchev–Trinajstić information content (AvgIpc) is 2.03. The molecule has 0 radical (unpaired) electrons. The fourth-order valence-corrected chi connectivity index (χ4v) is 1.44. The highest BCUT2D eigenvalue weighted by molar-refractivity contribution is 4.98. The topological polar surface area (TPSA) is 12.5 Å². The van der Waals surface area contributed by atoms with Crippen molar-refractivity contribution >= 4 is 0 Å². The van der Waals surface area contributed by atoms with E-state index in [0.717, 1.165) is 19.7 Å². The van der Waals surface area contributed by atoms with E-state index in [1.54, 1.807) is 0 Å². The first-order valence-electron chi connectivity index (χ1n) is 4.66. The molecule has 0 spiro atoms. The van der Waals surface area contributed by atoms with Crippen LogP contribution < -0.4 is 0 Å². The third-order valence-electron chi connectivity index (χ3n) is 2.31. The molecule has 12 heavy (non-hydrogen) atoms. The van der Waals surface area contributed by atoms with Crippen molar-refractivity contribution in [1.29, 1.82) is 0 Å². The molecule has 1 rings (SSSR count). The highest BCUT2D eigenvalue weighted by Gasteiger charge is 2.18. The van der Waals surface area contributed by atoms with Gasteiger partial charge in [-0.2, -0.15) is 0 Å². The Kier molecular flexibility index (Phi) is 3.15. The van der Waals surface area contributed by atoms with E-state index in [4.69, 9.17) is 4.74 Å². The summed E-state index contributed by atoms with van der Waals surface area (Å²) < 4.78 is 5.46. The van der Waals surface area contributed by atoms with Gasteiger partial charge in [-0.1, -0.05) is 20.4 Å². The van der Waals surface area contributed by atoms with E-state index in [9.17, 15) is 0 Å². The molecule has 1 fully saturated rings. The van der Waals surface area contributed by atoms with Crippen molar-refractivity contribution < 1.29 is 4.74 Å². The quantitative estimate of drug-likeness (QED) is 0.626. The third-order valence-corrected chi connectivity index (χ3v) is 2.31. The third kappa shape index (κ3) is 2.24. The molecule has 0 amide bonds. The van der Waals surface area contributed by atoms with Gasteiger partial charge in [0.2, 0.25) is 0 Å². The Morgan fingerprint density at radius 1 is 1.58 bits per heavy atom. The van der Waals surface area contributed by atoms with Crippen LogP contribution in [-0.2, 0) is 4.74 Å². The Labute approximate surface area is 75.2 Å². The Morgan fingerprint density at radius 2 is 2.25 bits per heavy atom. The second-order valence-electron chi connectivity index (χ2n) is 3.77. The van der Waals surface area contributed by atoms with E-state index in [2.05, 4.69) is 32.3 Å². The van der Waals surface area contributed by atoms with Gasteiger partial charge in [-0.3, -0.25) is 0 Å². The molecule has 0 N–H and O–H groups in total. The normalized spacial score (nSPS) is 24.7. The number of hydrogen-bond donors (Lipinski definition) is 0. The van der Waals surface area contributed by atoms with E-state index in [1.165, 1.54) is 5.70 Å². The van der Waals surface area contributed by atoms with Crippen molar-refractivity contribution in [2.24, 2.45) is 5.92 Å². The maximum Gasteiger partial charge on any atom is 0.0722 e. The Morgan fingerprint density at radius 3 is 2.75 bits per heavy atom. The highest BCUT2D eigenvalue weighted by atomic mass is 16.5. The molecule has 1 atom stereocenters. The van der Waals surface area contributed by atoms with Crippen LogP contribution in [-0.4, -0.2) is 30.7 Å². The largest absolute Gasteiger partial charge is 0.375 e. The number of nitrogens with zero attached hydrogens (tertiary/aromatic N) is 1. The van der Waals surface area contributed by atoms with Crippen LogP contribution in [0.15, 0.2) is 12.3 Å². The van der Waals surface area contributed by atoms with Crippen LogP contribution in [0.4, 0.5) is 0 Å². The lowest BCUT2D eigenvalue weighted by Crippen LogP contribution is -2.41. The minimum atomic E-state index is 0.356. The van der Waals surface area contributed by atoms with E-state index in [0.29, 0.717) is 12.0 Å². The van der Waals surface area contributed by atoms with Crippen molar-refractivity contribution in [2.75, 3.05) is 19.7 Å². The zero-order valence-electron chi connectivity index (χ0n) is 8.34. The first-order valence-corrected chi connectivity index (χ1v) is 4.66. The first-order chi connectivity index (χ1) is 5.61. The lowest BCUT2D eigenvalue weighted by molar-refractivity contribution is -0.00846. The van der Waals surface area contributed by atoms with Crippen LogP contribution in [0.25, 0.3) is 0 Å². The molecule has 0 aromatic heterocycles. The van der Waals surface area contributed by atoms with Crippen molar-refractivity contribution in [3.63, 3.8) is 0 Å². The molecule has 0 unspecified atom stereocenters. The van der Waals surface area contributed by atoms with Crippen LogP contribution >= 0.6 is 0 Å². The molecule has 1 aliphatic heterocycles. The standard InChI is InChI=1S/C10H19NO/c1-8(2)10(4)11-5-6-12-9(3)7-11/h8-9H,4-7H2,1-3H3/t9-/m0/s1. The van der Waals surface area contributed by atoms with Gasteiger partial charge in [0.25, 0.3) is 0 Å². The van der Waals surface area contributed by atoms with Gasteiger partial charge in [-0.25, -0.2) is 0 Å². The molecular weight excluding hydrogens is 150 g/mol. The summed E-state index contributed by atoms with van der Waals surface area (Å²) in [6, 6.07) is 0. The molecule has 2 nitrogen and oxygen atoms in total. The van der Waals surface area contributed by atoms with Crippen molar-refractivity contribution in [3.8, 4) is 0 Å². The summed E-state index contributed by atoms with van der Waals surface area (Å²) in [6.45, 7) is 13.4. The van der Waals surface area contributed by atoms with Gasteiger partial charge < -0.3 is 9.64 Å². The van der Waals surface area contributed by atoms with Crippen LogP contribution in [0.5, 0.6) is 0 Å². The fraction of sp³-hybridized carbons (Fsp3) is 0.800. The highest BCUT2D eigenvalue weighted by Crippen LogP contribution is 2.16. The molecule has 1 heterocycles. The molecule has 70 valence electrons. The lowest BCUT2D eigenvalue weighted by Gasteiger charge is -2.35. The SMILES string of the molecule is C=C(C(C)C)N1CCO[C@@H](C)C1. The molecule has 0 aliphatic carbocycles. The number of morpholine rings is 1. The molecule has 0 saturated carbocycles. The van der Waals surface area contributed by atoms with Gasteiger partial charge in [-0.05, 0) is 12.8 Å². The summed E-state index contributed by atoms with van der Waals surface area (Å²) in [5.74, 6) is 0.551.